The normalized spacial score (nSPS) is 12.1. The Morgan fingerprint density at radius 2 is 1.80 bits per heavy atom. The Kier molecular flexibility index (Phi) is 8.19. The van der Waals surface area contributed by atoms with E-state index in [2.05, 4.69) is 15.4 Å². The van der Waals surface area contributed by atoms with Gasteiger partial charge in [0.2, 0.25) is 5.91 Å². The van der Waals surface area contributed by atoms with Crippen molar-refractivity contribution >= 4 is 39.1 Å². The number of rotatable bonds is 9. The molecule has 0 saturated carbocycles. The SMILES string of the molecule is CCC(C)NC(=O)CCNC(=O)c1ccc(NS(=O)(=O)c2ccc(F)c(Cl)c2)cc1. The summed E-state index contributed by atoms with van der Waals surface area (Å²) >= 11 is 5.63. The van der Waals surface area contributed by atoms with E-state index >= 15 is 0 Å². The molecule has 0 heterocycles. The minimum atomic E-state index is -3.97. The Hall–Kier alpha value is -2.65. The Bertz CT molecular complexity index is 1010. The van der Waals surface area contributed by atoms with Crippen molar-refractivity contribution in [2.45, 2.75) is 37.6 Å². The minimum Gasteiger partial charge on any atom is -0.354 e. The van der Waals surface area contributed by atoms with Crippen LogP contribution in [0.4, 0.5) is 10.1 Å². The van der Waals surface area contributed by atoms with E-state index in [9.17, 15) is 22.4 Å². The molecule has 3 N–H and O–H groups in total. The number of hydrogen-bond acceptors (Lipinski definition) is 4. The number of hydrogen-bond donors (Lipinski definition) is 3. The fourth-order valence-electron chi connectivity index (χ4n) is 2.39. The molecule has 7 nitrogen and oxygen atoms in total. The van der Waals surface area contributed by atoms with Crippen LogP contribution in [0, 0.1) is 5.82 Å². The van der Waals surface area contributed by atoms with E-state index in [-0.39, 0.29) is 46.4 Å². The zero-order chi connectivity index (χ0) is 22.3. The molecule has 0 spiro atoms. The van der Waals surface area contributed by atoms with Gasteiger partial charge in [0.1, 0.15) is 5.82 Å². The minimum absolute atomic E-state index is 0.0791. The van der Waals surface area contributed by atoms with Crippen molar-refractivity contribution in [1.29, 1.82) is 0 Å². The number of halogens is 2. The van der Waals surface area contributed by atoms with Gasteiger partial charge in [-0.2, -0.15) is 0 Å². The number of amides is 2. The van der Waals surface area contributed by atoms with Crippen molar-refractivity contribution in [3.8, 4) is 0 Å². The number of carbonyl (C=O) groups excluding carboxylic acids is 2. The number of benzene rings is 2. The molecule has 30 heavy (non-hydrogen) atoms. The third-order valence-electron chi connectivity index (χ3n) is 4.26. The summed E-state index contributed by atoms with van der Waals surface area (Å²) in [6, 6.07) is 8.90. The van der Waals surface area contributed by atoms with Gasteiger partial charge in [0.15, 0.2) is 0 Å². The summed E-state index contributed by atoms with van der Waals surface area (Å²) < 4.78 is 40.3. The lowest BCUT2D eigenvalue weighted by atomic mass is 10.2. The van der Waals surface area contributed by atoms with Crippen molar-refractivity contribution in [3.63, 3.8) is 0 Å². The zero-order valence-electron chi connectivity index (χ0n) is 16.5. The van der Waals surface area contributed by atoms with Gasteiger partial charge in [-0.1, -0.05) is 18.5 Å². The van der Waals surface area contributed by atoms with Crippen LogP contribution >= 0.6 is 11.6 Å². The van der Waals surface area contributed by atoms with Crippen molar-refractivity contribution in [2.24, 2.45) is 0 Å². The molecular formula is C20H23ClFN3O4S. The van der Waals surface area contributed by atoms with Gasteiger partial charge in [-0.15, -0.1) is 0 Å². The summed E-state index contributed by atoms with van der Waals surface area (Å²) in [5.74, 6) is -1.25. The highest BCUT2D eigenvalue weighted by molar-refractivity contribution is 7.92. The molecule has 0 aliphatic carbocycles. The molecule has 2 aromatic rings. The van der Waals surface area contributed by atoms with Crippen LogP contribution < -0.4 is 15.4 Å². The molecule has 0 aliphatic heterocycles. The second-order valence-electron chi connectivity index (χ2n) is 6.64. The lowest BCUT2D eigenvalue weighted by molar-refractivity contribution is -0.121. The van der Waals surface area contributed by atoms with E-state index in [1.807, 2.05) is 13.8 Å². The lowest BCUT2D eigenvalue weighted by Crippen LogP contribution is -2.35. The number of carbonyl (C=O) groups is 2. The van der Waals surface area contributed by atoms with Gasteiger partial charge in [0, 0.05) is 30.3 Å². The van der Waals surface area contributed by atoms with Gasteiger partial charge in [-0.05, 0) is 55.8 Å². The second-order valence-corrected chi connectivity index (χ2v) is 8.73. The molecule has 162 valence electrons. The predicted molar refractivity (Wildman–Crippen MR) is 114 cm³/mol. The maximum absolute atomic E-state index is 13.2. The number of nitrogens with one attached hydrogen (secondary N) is 3. The van der Waals surface area contributed by atoms with Gasteiger partial charge in [0.25, 0.3) is 15.9 Å². The molecule has 0 aliphatic rings. The molecule has 1 atom stereocenters. The van der Waals surface area contributed by atoms with Crippen LogP contribution in [0.3, 0.4) is 0 Å². The Balaban J connectivity index is 1.93. The van der Waals surface area contributed by atoms with E-state index < -0.39 is 15.8 Å². The second kappa shape index (κ2) is 10.4. The monoisotopic (exact) mass is 455 g/mol. The fraction of sp³-hybridized carbons (Fsp3) is 0.300. The van der Waals surface area contributed by atoms with E-state index in [4.69, 9.17) is 11.6 Å². The quantitative estimate of drug-likeness (QED) is 0.539. The molecule has 2 aromatic carbocycles. The Morgan fingerprint density at radius 1 is 1.13 bits per heavy atom. The molecule has 0 fully saturated rings. The highest BCUT2D eigenvalue weighted by Crippen LogP contribution is 2.22. The van der Waals surface area contributed by atoms with Crippen LogP contribution in [0.15, 0.2) is 47.4 Å². The van der Waals surface area contributed by atoms with E-state index in [1.165, 1.54) is 24.3 Å². The van der Waals surface area contributed by atoms with Gasteiger partial charge in [-0.25, -0.2) is 12.8 Å². The molecule has 0 bridgehead atoms. The van der Waals surface area contributed by atoms with Crippen molar-refractivity contribution in [2.75, 3.05) is 11.3 Å². The molecule has 0 saturated heterocycles. The fourth-order valence-corrected chi connectivity index (χ4v) is 3.72. The van der Waals surface area contributed by atoms with Crippen molar-refractivity contribution in [1.82, 2.24) is 10.6 Å². The van der Waals surface area contributed by atoms with Crippen LogP contribution in [-0.4, -0.2) is 32.8 Å². The zero-order valence-corrected chi connectivity index (χ0v) is 18.1. The smallest absolute Gasteiger partial charge is 0.261 e. The van der Waals surface area contributed by atoms with Crippen LogP contribution in [-0.2, 0) is 14.8 Å². The average molecular weight is 456 g/mol. The predicted octanol–water partition coefficient (Wildman–Crippen LogP) is 3.31. The highest BCUT2D eigenvalue weighted by Gasteiger charge is 2.16. The van der Waals surface area contributed by atoms with Crippen LogP contribution in [0.2, 0.25) is 5.02 Å². The third-order valence-corrected chi connectivity index (χ3v) is 5.93. The van der Waals surface area contributed by atoms with E-state index in [0.29, 0.717) is 5.56 Å². The average Bonchev–Trinajstić information content (AvgIpc) is 2.70. The first-order chi connectivity index (χ1) is 14.1. The van der Waals surface area contributed by atoms with Gasteiger partial charge in [0.05, 0.1) is 9.92 Å². The van der Waals surface area contributed by atoms with E-state index in [0.717, 1.165) is 24.6 Å². The topological polar surface area (TPSA) is 104 Å². The summed E-state index contributed by atoms with van der Waals surface area (Å²) in [5, 5.41) is 5.14. The van der Waals surface area contributed by atoms with Crippen LogP contribution in [0.1, 0.15) is 37.0 Å². The summed E-state index contributed by atoms with van der Waals surface area (Å²) in [6.07, 6.45) is 0.983. The molecule has 2 amide bonds. The summed E-state index contributed by atoms with van der Waals surface area (Å²) in [6.45, 7) is 4.04. The first-order valence-electron chi connectivity index (χ1n) is 9.28. The lowest BCUT2D eigenvalue weighted by Gasteiger charge is -2.12. The summed E-state index contributed by atoms with van der Waals surface area (Å²) in [7, 11) is -3.97. The highest BCUT2D eigenvalue weighted by atomic mass is 35.5. The summed E-state index contributed by atoms with van der Waals surface area (Å²) in [5.41, 5.74) is 0.532. The largest absolute Gasteiger partial charge is 0.354 e. The maximum Gasteiger partial charge on any atom is 0.261 e. The number of sulfonamides is 1. The Labute approximate surface area is 180 Å². The molecule has 10 heteroatoms. The van der Waals surface area contributed by atoms with Gasteiger partial charge >= 0.3 is 0 Å². The molecule has 0 radical (unpaired) electrons. The van der Waals surface area contributed by atoms with Crippen molar-refractivity contribution < 1.29 is 22.4 Å². The Morgan fingerprint density at radius 3 is 2.40 bits per heavy atom. The third kappa shape index (κ3) is 6.70. The maximum atomic E-state index is 13.2. The first kappa shape index (κ1) is 23.6. The van der Waals surface area contributed by atoms with Crippen LogP contribution in [0.5, 0.6) is 0 Å². The van der Waals surface area contributed by atoms with E-state index in [1.54, 1.807) is 0 Å². The first-order valence-corrected chi connectivity index (χ1v) is 11.1. The van der Waals surface area contributed by atoms with Crippen molar-refractivity contribution in [3.05, 3.63) is 58.9 Å². The van der Waals surface area contributed by atoms with Crippen LogP contribution in [0.25, 0.3) is 0 Å². The molecular weight excluding hydrogens is 433 g/mol. The molecule has 1 unspecified atom stereocenters. The summed E-state index contributed by atoms with van der Waals surface area (Å²) in [4.78, 5) is 23.7. The van der Waals surface area contributed by atoms with Gasteiger partial charge < -0.3 is 10.6 Å². The van der Waals surface area contributed by atoms with Gasteiger partial charge in [-0.3, -0.25) is 14.3 Å². The molecule has 2 rings (SSSR count). The number of anilines is 1. The standard InChI is InChI=1S/C20H23ClFN3O4S/c1-3-13(2)24-19(26)10-11-23-20(27)14-4-6-15(7-5-14)25-30(28,29)16-8-9-18(22)17(21)12-16/h4-9,12-13,25H,3,10-11H2,1-2H3,(H,23,27)(H,24,26). The molecule has 0 aromatic heterocycles.